The summed E-state index contributed by atoms with van der Waals surface area (Å²) < 4.78 is 9.55. The lowest BCUT2D eigenvalue weighted by molar-refractivity contribution is -0.162. The molecule has 200 valence electrons. The van der Waals surface area contributed by atoms with Crippen molar-refractivity contribution in [2.75, 3.05) is 13.2 Å². The van der Waals surface area contributed by atoms with Crippen molar-refractivity contribution in [2.24, 2.45) is 0 Å². The third-order valence-electron chi connectivity index (χ3n) is 5.73. The first-order chi connectivity index (χ1) is 16.4. The Hall–Kier alpha value is -1.67. The molecule has 0 saturated carbocycles. The van der Waals surface area contributed by atoms with Gasteiger partial charge in [0.2, 0.25) is 0 Å². The fourth-order valence-corrected chi connectivity index (χ4v) is 3.65. The number of esters is 2. The average Bonchev–Trinajstić information content (AvgIpc) is 2.80. The summed E-state index contributed by atoms with van der Waals surface area (Å²) in [5, 5.41) is 27.4. The van der Waals surface area contributed by atoms with Gasteiger partial charge in [0.05, 0.1) is 6.42 Å². The molecule has 0 radical (unpaired) electrons. The summed E-state index contributed by atoms with van der Waals surface area (Å²) >= 11 is 0. The zero-order valence-corrected chi connectivity index (χ0v) is 21.2. The molecule has 0 fully saturated rings. The van der Waals surface area contributed by atoms with Gasteiger partial charge in [-0.2, -0.15) is 0 Å². The Morgan fingerprint density at radius 3 is 1.50 bits per heavy atom. The van der Waals surface area contributed by atoms with Crippen LogP contribution in [0.5, 0.6) is 0 Å². The van der Waals surface area contributed by atoms with Crippen LogP contribution in [-0.4, -0.2) is 58.6 Å². The third-order valence-corrected chi connectivity index (χ3v) is 5.73. The van der Waals surface area contributed by atoms with Gasteiger partial charge < -0.3 is 24.8 Å². The minimum Gasteiger partial charge on any atom is -0.481 e. The van der Waals surface area contributed by atoms with E-state index in [9.17, 15) is 24.6 Å². The third kappa shape index (κ3) is 22.1. The number of aliphatic hydroxyl groups excluding tert-OH is 2. The molecule has 0 aliphatic heterocycles. The highest BCUT2D eigenvalue weighted by Crippen LogP contribution is 2.14. The molecule has 8 heteroatoms. The first-order valence-corrected chi connectivity index (χ1v) is 13.3. The second-order valence-electron chi connectivity index (χ2n) is 9.13. The fourth-order valence-electron chi connectivity index (χ4n) is 3.65. The summed E-state index contributed by atoms with van der Waals surface area (Å²) in [4.78, 5) is 33.5. The van der Waals surface area contributed by atoms with Crippen LogP contribution < -0.4 is 0 Å². The van der Waals surface area contributed by atoms with Crippen LogP contribution in [0, 0.1) is 0 Å². The van der Waals surface area contributed by atoms with E-state index in [1.165, 1.54) is 83.5 Å². The summed E-state index contributed by atoms with van der Waals surface area (Å²) in [5.41, 5.74) is 0. The molecule has 0 aromatic rings. The van der Waals surface area contributed by atoms with Crippen LogP contribution >= 0.6 is 0 Å². The molecule has 0 aliphatic carbocycles. The Bertz CT molecular complexity index is 523. The number of carbonyl (C=O) groups excluding carboxylic acids is 2. The normalized spacial score (nSPS) is 12.8. The molecule has 34 heavy (non-hydrogen) atoms. The van der Waals surface area contributed by atoms with Gasteiger partial charge in [0.25, 0.3) is 0 Å². The van der Waals surface area contributed by atoms with Crippen molar-refractivity contribution < 1.29 is 39.2 Å². The summed E-state index contributed by atoms with van der Waals surface area (Å²) in [6, 6.07) is 0. The number of unbranched alkanes of at least 4 members (excludes halogenated alkanes) is 15. The van der Waals surface area contributed by atoms with Gasteiger partial charge in [-0.15, -0.1) is 0 Å². The van der Waals surface area contributed by atoms with Crippen molar-refractivity contribution in [3.8, 4) is 0 Å². The van der Waals surface area contributed by atoms with Crippen molar-refractivity contribution in [3.05, 3.63) is 0 Å². The van der Waals surface area contributed by atoms with E-state index in [-0.39, 0.29) is 13.0 Å². The standard InChI is InChI=1S/C26H48O8/c1-2-3-4-5-6-7-8-9-10-11-12-13-14-15-16-17-18-25(31)33-20-22(27)21-34-26(32)23(28)19-24(29)30/h22-23,27-28H,2-21H2,1H3,(H,29,30)/t22?,23-/m1/s1. The SMILES string of the molecule is CCCCCCCCCCCCCCCCCCC(=O)OCC(O)COC(=O)[C@H](O)CC(=O)O. The second-order valence-corrected chi connectivity index (χ2v) is 9.13. The largest absolute Gasteiger partial charge is 0.481 e. The van der Waals surface area contributed by atoms with Crippen molar-refractivity contribution in [2.45, 2.75) is 135 Å². The van der Waals surface area contributed by atoms with Gasteiger partial charge in [0, 0.05) is 6.42 Å². The van der Waals surface area contributed by atoms with E-state index < -0.39 is 43.1 Å². The van der Waals surface area contributed by atoms with Gasteiger partial charge in [-0.25, -0.2) is 4.79 Å². The van der Waals surface area contributed by atoms with Gasteiger partial charge in [-0.1, -0.05) is 103 Å². The Morgan fingerprint density at radius 2 is 1.06 bits per heavy atom. The van der Waals surface area contributed by atoms with E-state index in [0.717, 1.165) is 19.3 Å². The molecule has 0 rings (SSSR count). The highest BCUT2D eigenvalue weighted by atomic mass is 16.6. The lowest BCUT2D eigenvalue weighted by Gasteiger charge is -2.13. The summed E-state index contributed by atoms with van der Waals surface area (Å²) in [7, 11) is 0. The van der Waals surface area contributed by atoms with E-state index in [1.54, 1.807) is 0 Å². The number of aliphatic carboxylic acids is 1. The number of carbonyl (C=O) groups is 3. The Balaban J connectivity index is 3.43. The maximum absolute atomic E-state index is 11.7. The number of rotatable bonds is 24. The molecule has 0 aromatic heterocycles. The van der Waals surface area contributed by atoms with Gasteiger partial charge in [-0.05, 0) is 6.42 Å². The first-order valence-electron chi connectivity index (χ1n) is 13.3. The van der Waals surface area contributed by atoms with Gasteiger partial charge in [0.1, 0.15) is 19.3 Å². The predicted molar refractivity (Wildman–Crippen MR) is 130 cm³/mol. The van der Waals surface area contributed by atoms with E-state index in [4.69, 9.17) is 9.84 Å². The second kappa shape index (κ2) is 23.1. The molecule has 0 amide bonds. The van der Waals surface area contributed by atoms with E-state index in [0.29, 0.717) is 0 Å². The van der Waals surface area contributed by atoms with Crippen LogP contribution in [0.3, 0.4) is 0 Å². The number of hydrogen-bond acceptors (Lipinski definition) is 7. The predicted octanol–water partition coefficient (Wildman–Crippen LogP) is 4.92. The first kappa shape index (κ1) is 32.3. The Morgan fingerprint density at radius 1 is 0.647 bits per heavy atom. The zero-order chi connectivity index (χ0) is 25.4. The molecular formula is C26H48O8. The van der Waals surface area contributed by atoms with Crippen molar-refractivity contribution >= 4 is 17.9 Å². The molecule has 3 N–H and O–H groups in total. The molecular weight excluding hydrogens is 440 g/mol. The molecule has 0 spiro atoms. The molecule has 0 bridgehead atoms. The summed E-state index contributed by atoms with van der Waals surface area (Å²) in [6.45, 7) is 1.45. The molecule has 0 saturated heterocycles. The van der Waals surface area contributed by atoms with Crippen LogP contribution in [0.15, 0.2) is 0 Å². The highest BCUT2D eigenvalue weighted by molar-refractivity contribution is 5.80. The number of carboxylic acids is 1. The van der Waals surface area contributed by atoms with Gasteiger partial charge in [-0.3, -0.25) is 9.59 Å². The smallest absolute Gasteiger partial charge is 0.335 e. The molecule has 2 atom stereocenters. The van der Waals surface area contributed by atoms with E-state index in [1.807, 2.05) is 0 Å². The summed E-state index contributed by atoms with van der Waals surface area (Å²) in [6.07, 6.45) is 16.7. The van der Waals surface area contributed by atoms with Crippen LogP contribution in [0.2, 0.25) is 0 Å². The van der Waals surface area contributed by atoms with Crippen LogP contribution in [0.4, 0.5) is 0 Å². The zero-order valence-electron chi connectivity index (χ0n) is 21.2. The average molecular weight is 489 g/mol. The van der Waals surface area contributed by atoms with Crippen molar-refractivity contribution in [1.82, 2.24) is 0 Å². The van der Waals surface area contributed by atoms with Crippen LogP contribution in [0.25, 0.3) is 0 Å². The Labute approximate surface area is 205 Å². The quantitative estimate of drug-likeness (QED) is 0.129. The number of aliphatic hydroxyl groups is 2. The molecule has 0 heterocycles. The van der Waals surface area contributed by atoms with Crippen molar-refractivity contribution in [1.29, 1.82) is 0 Å². The molecule has 0 aliphatic rings. The van der Waals surface area contributed by atoms with Gasteiger partial charge >= 0.3 is 17.9 Å². The lowest BCUT2D eigenvalue weighted by atomic mass is 10.0. The minimum absolute atomic E-state index is 0.280. The topological polar surface area (TPSA) is 130 Å². The number of carboxylic acid groups (broad SMARTS) is 1. The molecule has 1 unspecified atom stereocenters. The minimum atomic E-state index is -1.79. The van der Waals surface area contributed by atoms with E-state index in [2.05, 4.69) is 11.7 Å². The van der Waals surface area contributed by atoms with Crippen LogP contribution in [0.1, 0.15) is 122 Å². The lowest BCUT2D eigenvalue weighted by Crippen LogP contribution is -2.31. The number of hydrogen-bond donors (Lipinski definition) is 3. The molecule has 0 aromatic carbocycles. The van der Waals surface area contributed by atoms with E-state index >= 15 is 0 Å². The highest BCUT2D eigenvalue weighted by Gasteiger charge is 2.21. The monoisotopic (exact) mass is 488 g/mol. The fraction of sp³-hybridized carbons (Fsp3) is 0.885. The molecule has 8 nitrogen and oxygen atoms in total. The Kier molecular flexibility index (Phi) is 22.0. The van der Waals surface area contributed by atoms with Crippen LogP contribution in [-0.2, 0) is 23.9 Å². The maximum Gasteiger partial charge on any atom is 0.335 e. The van der Waals surface area contributed by atoms with Gasteiger partial charge in [0.15, 0.2) is 6.10 Å². The maximum atomic E-state index is 11.7. The van der Waals surface area contributed by atoms with Crippen molar-refractivity contribution in [3.63, 3.8) is 0 Å². The summed E-state index contributed by atoms with van der Waals surface area (Å²) in [5.74, 6) is -2.89. The number of ether oxygens (including phenoxy) is 2.